The van der Waals surface area contributed by atoms with Crippen LogP contribution in [0, 0.1) is 0 Å². The molecule has 0 spiro atoms. The lowest BCUT2D eigenvalue weighted by molar-refractivity contribution is -0.126. The van der Waals surface area contributed by atoms with E-state index < -0.39 is 12.7 Å². The van der Waals surface area contributed by atoms with Crippen LogP contribution in [0.5, 0.6) is 0 Å². The second-order valence-electron chi connectivity index (χ2n) is 2.56. The van der Waals surface area contributed by atoms with Crippen molar-refractivity contribution in [1.82, 2.24) is 5.32 Å². The van der Waals surface area contributed by atoms with E-state index in [1.54, 1.807) is 0 Å². The van der Waals surface area contributed by atoms with Crippen LogP contribution >= 0.6 is 0 Å². The summed E-state index contributed by atoms with van der Waals surface area (Å²) < 4.78 is 39.7. The van der Waals surface area contributed by atoms with E-state index in [9.17, 15) is 13.2 Å². The fourth-order valence-corrected chi connectivity index (χ4v) is 0.956. The first-order valence-corrected chi connectivity index (χ1v) is 3.46. The highest BCUT2D eigenvalue weighted by Crippen LogP contribution is 2.13. The quantitative estimate of drug-likeness (QED) is 0.663. The molecule has 1 aliphatic rings. The van der Waals surface area contributed by atoms with Crippen LogP contribution < -0.4 is 5.32 Å². The van der Waals surface area contributed by atoms with E-state index in [0.717, 1.165) is 0 Å². The maximum atomic E-state index is 11.6. The minimum atomic E-state index is -4.11. The van der Waals surface area contributed by atoms with Crippen molar-refractivity contribution in [3.8, 4) is 0 Å². The third-order valence-corrected chi connectivity index (χ3v) is 1.52. The second kappa shape index (κ2) is 3.40. The molecule has 0 aromatic carbocycles. The molecule has 1 fully saturated rings. The maximum Gasteiger partial charge on any atom is 0.401 e. The van der Waals surface area contributed by atoms with Crippen LogP contribution in [0.1, 0.15) is 6.42 Å². The summed E-state index contributed by atoms with van der Waals surface area (Å²) in [4.78, 5) is 0. The Kier molecular flexibility index (Phi) is 2.72. The van der Waals surface area contributed by atoms with Gasteiger partial charge < -0.3 is 10.1 Å². The third-order valence-electron chi connectivity index (χ3n) is 1.52. The summed E-state index contributed by atoms with van der Waals surface area (Å²) in [7, 11) is 0. The molecule has 1 aliphatic heterocycles. The summed E-state index contributed by atoms with van der Waals surface area (Å²) in [5, 5.41) is 2.37. The van der Waals surface area contributed by atoms with Gasteiger partial charge in [-0.3, -0.25) is 0 Å². The van der Waals surface area contributed by atoms with Gasteiger partial charge in [0.05, 0.1) is 13.2 Å². The van der Waals surface area contributed by atoms with Crippen molar-refractivity contribution in [2.45, 2.75) is 18.6 Å². The van der Waals surface area contributed by atoms with Crippen molar-refractivity contribution in [3.05, 3.63) is 0 Å². The Morgan fingerprint density at radius 2 is 2.18 bits per heavy atom. The van der Waals surface area contributed by atoms with Gasteiger partial charge in [0.15, 0.2) is 0 Å². The van der Waals surface area contributed by atoms with Gasteiger partial charge in [-0.1, -0.05) is 0 Å². The average molecular weight is 169 g/mol. The molecule has 1 rings (SSSR count). The van der Waals surface area contributed by atoms with Gasteiger partial charge in [-0.15, -0.1) is 0 Å². The average Bonchev–Trinajstić information content (AvgIpc) is 2.32. The highest BCUT2D eigenvalue weighted by molar-refractivity contribution is 4.72. The largest absolute Gasteiger partial charge is 0.401 e. The molecule has 1 atom stereocenters. The molecule has 1 N–H and O–H groups in total. The molecular weight excluding hydrogens is 159 g/mol. The van der Waals surface area contributed by atoms with Gasteiger partial charge in [0.1, 0.15) is 0 Å². The van der Waals surface area contributed by atoms with E-state index in [0.29, 0.717) is 19.6 Å². The number of hydrogen-bond acceptors (Lipinski definition) is 2. The number of nitrogens with one attached hydrogen (secondary N) is 1. The smallest absolute Gasteiger partial charge is 0.380 e. The van der Waals surface area contributed by atoms with E-state index in [-0.39, 0.29) is 6.04 Å². The van der Waals surface area contributed by atoms with Crippen LogP contribution in [-0.2, 0) is 4.74 Å². The SMILES string of the molecule is FC(F)(F)CNC1CCOC1. The fourth-order valence-electron chi connectivity index (χ4n) is 0.956. The van der Waals surface area contributed by atoms with Crippen molar-refractivity contribution >= 4 is 0 Å². The zero-order valence-electron chi connectivity index (χ0n) is 5.95. The van der Waals surface area contributed by atoms with Crippen LogP contribution in [0.3, 0.4) is 0 Å². The molecule has 2 nitrogen and oxygen atoms in total. The number of halogens is 3. The van der Waals surface area contributed by atoms with E-state index in [2.05, 4.69) is 5.32 Å². The molecule has 0 saturated carbocycles. The topological polar surface area (TPSA) is 21.3 Å². The van der Waals surface area contributed by atoms with Crippen LogP contribution in [0.4, 0.5) is 13.2 Å². The van der Waals surface area contributed by atoms with Crippen molar-refractivity contribution < 1.29 is 17.9 Å². The molecule has 1 heterocycles. The van der Waals surface area contributed by atoms with Gasteiger partial charge in [0.2, 0.25) is 0 Å². The third kappa shape index (κ3) is 3.57. The van der Waals surface area contributed by atoms with Gasteiger partial charge in [0, 0.05) is 12.6 Å². The summed E-state index contributed by atoms with van der Waals surface area (Å²) >= 11 is 0. The van der Waals surface area contributed by atoms with Gasteiger partial charge in [0.25, 0.3) is 0 Å². The molecule has 0 bridgehead atoms. The highest BCUT2D eigenvalue weighted by atomic mass is 19.4. The van der Waals surface area contributed by atoms with Gasteiger partial charge in [-0.2, -0.15) is 13.2 Å². The summed E-state index contributed by atoms with van der Waals surface area (Å²) in [6.45, 7) is 0.0482. The molecule has 66 valence electrons. The van der Waals surface area contributed by atoms with Crippen molar-refractivity contribution in [2.24, 2.45) is 0 Å². The molecule has 0 aromatic rings. The van der Waals surface area contributed by atoms with Gasteiger partial charge in [-0.25, -0.2) is 0 Å². The lowest BCUT2D eigenvalue weighted by atomic mass is 10.2. The molecular formula is C6H10F3NO. The lowest BCUT2D eigenvalue weighted by Crippen LogP contribution is -2.37. The first-order chi connectivity index (χ1) is 5.08. The Morgan fingerprint density at radius 3 is 2.64 bits per heavy atom. The summed E-state index contributed by atoms with van der Waals surface area (Å²) in [5.74, 6) is 0. The number of hydrogen-bond donors (Lipinski definition) is 1. The summed E-state index contributed by atoms with van der Waals surface area (Å²) in [5.41, 5.74) is 0. The van der Waals surface area contributed by atoms with E-state index in [1.165, 1.54) is 0 Å². The Hall–Kier alpha value is -0.290. The van der Waals surface area contributed by atoms with Crippen LogP contribution in [0.2, 0.25) is 0 Å². The Morgan fingerprint density at radius 1 is 1.45 bits per heavy atom. The first kappa shape index (κ1) is 8.80. The predicted octanol–water partition coefficient (Wildman–Crippen LogP) is 0.927. The highest BCUT2D eigenvalue weighted by Gasteiger charge is 2.28. The van der Waals surface area contributed by atoms with Gasteiger partial charge in [-0.05, 0) is 6.42 Å². The van der Waals surface area contributed by atoms with Crippen molar-refractivity contribution in [1.29, 1.82) is 0 Å². The van der Waals surface area contributed by atoms with E-state index >= 15 is 0 Å². The predicted molar refractivity (Wildman–Crippen MR) is 33.3 cm³/mol. The molecule has 0 aromatic heterocycles. The number of ether oxygens (including phenoxy) is 1. The summed E-state index contributed by atoms with van der Waals surface area (Å²) in [6.07, 6.45) is -3.43. The molecule has 0 aliphatic carbocycles. The van der Waals surface area contributed by atoms with Crippen molar-refractivity contribution in [3.63, 3.8) is 0 Å². The number of alkyl halides is 3. The zero-order valence-corrected chi connectivity index (χ0v) is 5.95. The van der Waals surface area contributed by atoms with Crippen molar-refractivity contribution in [2.75, 3.05) is 19.8 Å². The maximum absolute atomic E-state index is 11.6. The Balaban J connectivity index is 2.11. The number of rotatable bonds is 2. The molecule has 0 radical (unpaired) electrons. The van der Waals surface area contributed by atoms with Crippen LogP contribution in [-0.4, -0.2) is 32.0 Å². The zero-order chi connectivity index (χ0) is 8.32. The van der Waals surface area contributed by atoms with E-state index in [4.69, 9.17) is 4.74 Å². The normalized spacial score (nSPS) is 25.9. The molecule has 1 unspecified atom stereocenters. The molecule has 11 heavy (non-hydrogen) atoms. The molecule has 0 amide bonds. The summed E-state index contributed by atoms with van der Waals surface area (Å²) in [6, 6.07) is -0.114. The fraction of sp³-hybridized carbons (Fsp3) is 1.00. The Labute approximate surface area is 62.7 Å². The molecule has 5 heteroatoms. The lowest BCUT2D eigenvalue weighted by Gasteiger charge is -2.11. The molecule has 1 saturated heterocycles. The standard InChI is InChI=1S/C6H10F3NO/c7-6(8,9)4-10-5-1-2-11-3-5/h5,10H,1-4H2. The monoisotopic (exact) mass is 169 g/mol. The van der Waals surface area contributed by atoms with Gasteiger partial charge >= 0.3 is 6.18 Å². The second-order valence-corrected chi connectivity index (χ2v) is 2.56. The van der Waals surface area contributed by atoms with Crippen LogP contribution in [0.25, 0.3) is 0 Å². The minimum absolute atomic E-state index is 0.114. The Bertz CT molecular complexity index is 119. The first-order valence-electron chi connectivity index (χ1n) is 3.46. The van der Waals surface area contributed by atoms with E-state index in [1.807, 2.05) is 0 Å². The van der Waals surface area contributed by atoms with Crippen LogP contribution in [0.15, 0.2) is 0 Å². The minimum Gasteiger partial charge on any atom is -0.380 e.